The molecule has 0 bridgehead atoms. The lowest BCUT2D eigenvalue weighted by Gasteiger charge is -2.23. The Kier molecular flexibility index (Phi) is 5.49. The quantitative estimate of drug-likeness (QED) is 0.761. The maximum Gasteiger partial charge on any atom is 0.0396 e. The smallest absolute Gasteiger partial charge is 0.0396 e. The zero-order valence-electron chi connectivity index (χ0n) is 11.9. The number of aryl methyl sites for hydroxylation is 1. The lowest BCUT2D eigenvalue weighted by molar-refractivity contribution is 0.670. The van der Waals surface area contributed by atoms with Gasteiger partial charge in [-0.25, -0.2) is 0 Å². The molecule has 0 radical (unpaired) electrons. The molecule has 0 saturated heterocycles. The van der Waals surface area contributed by atoms with Crippen molar-refractivity contribution in [3.8, 4) is 0 Å². The Morgan fingerprint density at radius 3 is 2.41 bits per heavy atom. The fourth-order valence-corrected chi connectivity index (χ4v) is 2.13. The number of unbranched alkanes of at least 4 members (excludes halogenated alkanes) is 1. The van der Waals surface area contributed by atoms with Crippen molar-refractivity contribution in [2.75, 3.05) is 32.1 Å². The summed E-state index contributed by atoms with van der Waals surface area (Å²) in [6, 6.07) is 4.47. The fourth-order valence-electron chi connectivity index (χ4n) is 2.13. The van der Waals surface area contributed by atoms with E-state index in [1.807, 2.05) is 7.05 Å². The molecule has 0 aliphatic carbocycles. The van der Waals surface area contributed by atoms with Crippen LogP contribution in [-0.2, 0) is 0 Å². The summed E-state index contributed by atoms with van der Waals surface area (Å²) in [4.78, 5) is 2.37. The third-order valence-electron chi connectivity index (χ3n) is 3.61. The molecule has 0 fully saturated rings. The molecule has 0 amide bonds. The second-order valence-corrected chi connectivity index (χ2v) is 4.88. The Balaban J connectivity index is 2.63. The highest BCUT2D eigenvalue weighted by molar-refractivity contribution is 5.57. The van der Waals surface area contributed by atoms with Crippen LogP contribution in [0.2, 0.25) is 0 Å². The lowest BCUT2D eigenvalue weighted by Crippen LogP contribution is -2.21. The largest absolute Gasteiger partial charge is 0.374 e. The van der Waals surface area contributed by atoms with Gasteiger partial charge in [0.15, 0.2) is 0 Å². The molecule has 1 N–H and O–H groups in total. The monoisotopic (exact) mass is 234 g/mol. The van der Waals surface area contributed by atoms with Gasteiger partial charge in [0.05, 0.1) is 0 Å². The van der Waals surface area contributed by atoms with Crippen LogP contribution in [0.3, 0.4) is 0 Å². The van der Waals surface area contributed by atoms with Gasteiger partial charge in [-0.2, -0.15) is 0 Å². The number of rotatable bonds is 6. The van der Waals surface area contributed by atoms with Gasteiger partial charge in [-0.1, -0.05) is 6.07 Å². The third kappa shape index (κ3) is 3.74. The highest BCUT2D eigenvalue weighted by Gasteiger charge is 2.07. The van der Waals surface area contributed by atoms with Gasteiger partial charge in [0.25, 0.3) is 0 Å². The predicted octanol–water partition coefficient (Wildman–Crippen LogP) is 3.05. The van der Waals surface area contributed by atoms with E-state index in [2.05, 4.69) is 50.2 Å². The highest BCUT2D eigenvalue weighted by Crippen LogP contribution is 2.24. The van der Waals surface area contributed by atoms with Gasteiger partial charge < -0.3 is 10.2 Å². The van der Waals surface area contributed by atoms with Crippen LogP contribution >= 0.6 is 0 Å². The molecule has 1 aromatic rings. The molecule has 96 valence electrons. The standard InChI is InChI=1S/C15H26N2/c1-12-8-9-15(14(3)13(12)2)17(5)11-7-6-10-16-4/h8-9,16H,6-7,10-11H2,1-5H3. The molecule has 17 heavy (non-hydrogen) atoms. The average Bonchev–Trinajstić information content (AvgIpc) is 2.31. The average molecular weight is 234 g/mol. The van der Waals surface area contributed by atoms with Crippen molar-refractivity contribution in [1.82, 2.24) is 5.32 Å². The normalized spacial score (nSPS) is 10.6. The van der Waals surface area contributed by atoms with Crippen molar-refractivity contribution in [2.24, 2.45) is 0 Å². The SMILES string of the molecule is CNCCCCN(C)c1ccc(C)c(C)c1C. The van der Waals surface area contributed by atoms with E-state index in [0.29, 0.717) is 0 Å². The van der Waals surface area contributed by atoms with Gasteiger partial charge in [-0.15, -0.1) is 0 Å². The van der Waals surface area contributed by atoms with Crippen molar-refractivity contribution in [2.45, 2.75) is 33.6 Å². The molecule has 0 aliphatic rings. The van der Waals surface area contributed by atoms with Crippen LogP contribution in [0, 0.1) is 20.8 Å². The van der Waals surface area contributed by atoms with E-state index in [-0.39, 0.29) is 0 Å². The molecule has 0 aromatic heterocycles. The van der Waals surface area contributed by atoms with Gasteiger partial charge in [0.2, 0.25) is 0 Å². The fraction of sp³-hybridized carbons (Fsp3) is 0.600. The maximum absolute atomic E-state index is 3.19. The van der Waals surface area contributed by atoms with E-state index in [9.17, 15) is 0 Å². The van der Waals surface area contributed by atoms with Gasteiger partial charge in [-0.3, -0.25) is 0 Å². The van der Waals surface area contributed by atoms with Gasteiger partial charge >= 0.3 is 0 Å². The first-order valence-corrected chi connectivity index (χ1v) is 6.50. The summed E-state index contributed by atoms with van der Waals surface area (Å²) in [6.07, 6.45) is 2.48. The number of nitrogens with one attached hydrogen (secondary N) is 1. The van der Waals surface area contributed by atoms with Crippen LogP contribution in [-0.4, -0.2) is 27.2 Å². The zero-order chi connectivity index (χ0) is 12.8. The van der Waals surface area contributed by atoms with Crippen LogP contribution in [0.1, 0.15) is 29.5 Å². The first kappa shape index (κ1) is 14.0. The van der Waals surface area contributed by atoms with E-state index < -0.39 is 0 Å². The second-order valence-electron chi connectivity index (χ2n) is 4.88. The first-order chi connectivity index (χ1) is 8.07. The number of hydrogen-bond acceptors (Lipinski definition) is 2. The number of anilines is 1. The summed E-state index contributed by atoms with van der Waals surface area (Å²) in [6.45, 7) is 8.86. The Hall–Kier alpha value is -1.02. The van der Waals surface area contributed by atoms with Crippen molar-refractivity contribution in [3.05, 3.63) is 28.8 Å². The van der Waals surface area contributed by atoms with E-state index in [1.165, 1.54) is 35.2 Å². The Morgan fingerprint density at radius 2 is 1.76 bits per heavy atom. The lowest BCUT2D eigenvalue weighted by atomic mass is 10.0. The minimum absolute atomic E-state index is 1.11. The molecule has 2 nitrogen and oxygen atoms in total. The van der Waals surface area contributed by atoms with Gasteiger partial charge in [0.1, 0.15) is 0 Å². The zero-order valence-corrected chi connectivity index (χ0v) is 11.9. The molecule has 0 saturated carbocycles. The molecule has 0 aliphatic heterocycles. The summed E-state index contributed by atoms with van der Waals surface area (Å²) < 4.78 is 0. The van der Waals surface area contributed by atoms with Crippen LogP contribution in [0.5, 0.6) is 0 Å². The summed E-state index contributed by atoms with van der Waals surface area (Å²) >= 11 is 0. The molecule has 0 atom stereocenters. The number of benzene rings is 1. The molecular formula is C15H26N2. The number of hydrogen-bond donors (Lipinski definition) is 1. The molecular weight excluding hydrogens is 208 g/mol. The minimum atomic E-state index is 1.11. The van der Waals surface area contributed by atoms with Gasteiger partial charge in [0, 0.05) is 19.3 Å². The molecule has 1 aromatic carbocycles. The summed E-state index contributed by atoms with van der Waals surface area (Å²) in [5.41, 5.74) is 5.60. The maximum atomic E-state index is 3.19. The van der Waals surface area contributed by atoms with E-state index in [4.69, 9.17) is 0 Å². The summed E-state index contributed by atoms with van der Waals surface area (Å²) in [7, 11) is 4.20. The first-order valence-electron chi connectivity index (χ1n) is 6.50. The summed E-state index contributed by atoms with van der Waals surface area (Å²) in [5, 5.41) is 3.19. The van der Waals surface area contributed by atoms with Crippen molar-refractivity contribution in [1.29, 1.82) is 0 Å². The molecule has 0 unspecified atom stereocenters. The predicted molar refractivity (Wildman–Crippen MR) is 77.1 cm³/mol. The topological polar surface area (TPSA) is 15.3 Å². The van der Waals surface area contributed by atoms with Crippen LogP contribution < -0.4 is 10.2 Å². The molecule has 2 heteroatoms. The molecule has 0 spiro atoms. The van der Waals surface area contributed by atoms with Crippen LogP contribution in [0.4, 0.5) is 5.69 Å². The van der Waals surface area contributed by atoms with Crippen LogP contribution in [0.25, 0.3) is 0 Å². The van der Waals surface area contributed by atoms with E-state index in [1.54, 1.807) is 0 Å². The Morgan fingerprint density at radius 1 is 1.06 bits per heavy atom. The van der Waals surface area contributed by atoms with E-state index >= 15 is 0 Å². The van der Waals surface area contributed by atoms with Gasteiger partial charge in [-0.05, 0) is 70.0 Å². The third-order valence-corrected chi connectivity index (χ3v) is 3.61. The molecule has 0 heterocycles. The second kappa shape index (κ2) is 6.65. The minimum Gasteiger partial charge on any atom is -0.374 e. The highest BCUT2D eigenvalue weighted by atomic mass is 15.1. The Labute approximate surface area is 106 Å². The molecule has 1 rings (SSSR count). The van der Waals surface area contributed by atoms with E-state index in [0.717, 1.165) is 13.1 Å². The number of nitrogens with zero attached hydrogens (tertiary/aromatic N) is 1. The Bertz CT molecular complexity index is 358. The van der Waals surface area contributed by atoms with Crippen LogP contribution in [0.15, 0.2) is 12.1 Å². The summed E-state index contributed by atoms with van der Waals surface area (Å²) in [5.74, 6) is 0. The van der Waals surface area contributed by atoms with Crippen molar-refractivity contribution >= 4 is 5.69 Å². The van der Waals surface area contributed by atoms with Crippen molar-refractivity contribution < 1.29 is 0 Å². The van der Waals surface area contributed by atoms with Crippen molar-refractivity contribution in [3.63, 3.8) is 0 Å².